The Balaban J connectivity index is 2.96. The summed E-state index contributed by atoms with van der Waals surface area (Å²) in [6.45, 7) is 2.25. The van der Waals surface area contributed by atoms with Crippen LogP contribution in [0.25, 0.3) is 0 Å². The number of hydrogen-bond donors (Lipinski definition) is 1. The van der Waals surface area contributed by atoms with Gasteiger partial charge in [0.1, 0.15) is 0 Å². The van der Waals surface area contributed by atoms with Crippen LogP contribution in [0.2, 0.25) is 0 Å². The van der Waals surface area contributed by atoms with Gasteiger partial charge >= 0.3 is 5.97 Å². The molecule has 2 N–H and O–H groups in total. The molecule has 0 aliphatic rings. The summed E-state index contributed by atoms with van der Waals surface area (Å²) < 4.78 is 4.95. The van der Waals surface area contributed by atoms with Crippen molar-refractivity contribution in [2.24, 2.45) is 0 Å². The van der Waals surface area contributed by atoms with E-state index in [1.54, 1.807) is 51.2 Å². The van der Waals surface area contributed by atoms with Crippen LogP contribution in [0.15, 0.2) is 18.2 Å². The summed E-state index contributed by atoms with van der Waals surface area (Å²) >= 11 is 0. The summed E-state index contributed by atoms with van der Waals surface area (Å²) in [7, 11) is 5.13. The number of esters is 1. The molecule has 6 heteroatoms. The van der Waals surface area contributed by atoms with Crippen molar-refractivity contribution in [1.29, 1.82) is 0 Å². The van der Waals surface area contributed by atoms with E-state index in [2.05, 4.69) is 0 Å². The number of nitrogens with zero attached hydrogens (tertiary/aromatic N) is 2. The predicted octanol–water partition coefficient (Wildman–Crippen LogP) is 0.970. The molecule has 110 valence electrons. The van der Waals surface area contributed by atoms with Crippen molar-refractivity contribution in [2.75, 3.05) is 44.9 Å². The van der Waals surface area contributed by atoms with Crippen LogP contribution in [-0.2, 0) is 9.53 Å². The molecule has 1 amide bonds. The second-order valence-corrected chi connectivity index (χ2v) is 4.64. The Bertz CT molecular complexity index is 500. The molecule has 0 fully saturated rings. The van der Waals surface area contributed by atoms with E-state index in [0.29, 0.717) is 23.5 Å². The molecule has 0 heterocycles. The van der Waals surface area contributed by atoms with E-state index in [9.17, 15) is 9.59 Å². The number of hydrogen-bond acceptors (Lipinski definition) is 5. The molecule has 0 aliphatic heterocycles. The normalized spacial score (nSPS) is 10.0. The number of nitrogens with two attached hydrogens (primary N) is 1. The number of nitrogen functional groups attached to an aromatic ring is 1. The number of likely N-dealkylation sites (N-methyl/N-ethyl adjacent to an activating group) is 2. The molecule has 0 spiro atoms. The van der Waals surface area contributed by atoms with Crippen molar-refractivity contribution in [3.8, 4) is 0 Å². The minimum Gasteiger partial charge on any atom is -0.462 e. The molecule has 0 saturated carbocycles. The molecule has 1 aromatic rings. The van der Waals surface area contributed by atoms with E-state index < -0.39 is 5.97 Å². The van der Waals surface area contributed by atoms with Gasteiger partial charge in [-0.1, -0.05) is 0 Å². The van der Waals surface area contributed by atoms with E-state index in [0.717, 1.165) is 0 Å². The first-order valence-electron chi connectivity index (χ1n) is 6.34. The Morgan fingerprint density at radius 2 is 1.90 bits per heavy atom. The van der Waals surface area contributed by atoms with Crippen LogP contribution in [0, 0.1) is 0 Å². The third-order valence-corrected chi connectivity index (χ3v) is 2.82. The van der Waals surface area contributed by atoms with Crippen LogP contribution < -0.4 is 10.6 Å². The van der Waals surface area contributed by atoms with Crippen molar-refractivity contribution >= 4 is 23.3 Å². The van der Waals surface area contributed by atoms with Gasteiger partial charge in [0.25, 0.3) is 0 Å². The Kier molecular flexibility index (Phi) is 5.37. The standard InChI is InChI=1S/C14H21N3O3/c1-5-20-14(19)10-6-7-11(15)12(8-10)17(4)9-13(18)16(2)3/h6-8H,5,9,15H2,1-4H3. The number of benzene rings is 1. The van der Waals surface area contributed by atoms with Gasteiger partial charge in [-0.25, -0.2) is 4.79 Å². The van der Waals surface area contributed by atoms with E-state index in [4.69, 9.17) is 10.5 Å². The second kappa shape index (κ2) is 6.79. The van der Waals surface area contributed by atoms with Crippen LogP contribution in [0.5, 0.6) is 0 Å². The molecule has 1 aromatic carbocycles. The lowest BCUT2D eigenvalue weighted by Crippen LogP contribution is -2.34. The molecule has 20 heavy (non-hydrogen) atoms. The van der Waals surface area contributed by atoms with E-state index in [-0.39, 0.29) is 12.5 Å². The molecule has 0 saturated heterocycles. The van der Waals surface area contributed by atoms with Gasteiger partial charge in [-0.15, -0.1) is 0 Å². The van der Waals surface area contributed by atoms with E-state index in [1.165, 1.54) is 4.90 Å². The Labute approximate surface area is 119 Å². The molecule has 0 unspecified atom stereocenters. The van der Waals surface area contributed by atoms with Crippen molar-refractivity contribution in [3.63, 3.8) is 0 Å². The van der Waals surface area contributed by atoms with Crippen LogP contribution in [0.4, 0.5) is 11.4 Å². The number of carbonyl (C=O) groups excluding carboxylic acids is 2. The molecular weight excluding hydrogens is 258 g/mol. The SMILES string of the molecule is CCOC(=O)c1ccc(N)c(N(C)CC(=O)N(C)C)c1. The summed E-state index contributed by atoms with van der Waals surface area (Å²) in [4.78, 5) is 26.6. The number of ether oxygens (including phenoxy) is 1. The van der Waals surface area contributed by atoms with Gasteiger partial charge < -0.3 is 20.3 Å². The summed E-state index contributed by atoms with van der Waals surface area (Å²) in [5, 5.41) is 0. The molecule has 6 nitrogen and oxygen atoms in total. The van der Waals surface area contributed by atoms with Crippen LogP contribution in [0.1, 0.15) is 17.3 Å². The van der Waals surface area contributed by atoms with Gasteiger partial charge in [-0.05, 0) is 25.1 Å². The fraction of sp³-hybridized carbons (Fsp3) is 0.429. The average molecular weight is 279 g/mol. The number of anilines is 2. The number of amides is 1. The van der Waals surface area contributed by atoms with Gasteiger partial charge in [0.05, 0.1) is 30.1 Å². The minimum absolute atomic E-state index is 0.0477. The highest BCUT2D eigenvalue weighted by molar-refractivity contribution is 5.92. The molecule has 0 radical (unpaired) electrons. The van der Waals surface area contributed by atoms with Gasteiger partial charge in [0, 0.05) is 21.1 Å². The minimum atomic E-state index is -0.402. The molecule has 0 aliphatic carbocycles. The molecule has 0 atom stereocenters. The van der Waals surface area contributed by atoms with Gasteiger partial charge in [0.15, 0.2) is 0 Å². The highest BCUT2D eigenvalue weighted by atomic mass is 16.5. The lowest BCUT2D eigenvalue weighted by molar-refractivity contribution is -0.127. The fourth-order valence-corrected chi connectivity index (χ4v) is 1.65. The smallest absolute Gasteiger partial charge is 0.338 e. The lowest BCUT2D eigenvalue weighted by Gasteiger charge is -2.22. The van der Waals surface area contributed by atoms with E-state index >= 15 is 0 Å². The van der Waals surface area contributed by atoms with Gasteiger partial charge in [0.2, 0.25) is 5.91 Å². The monoisotopic (exact) mass is 279 g/mol. The molecule has 0 aromatic heterocycles. The molecule has 0 bridgehead atoms. The van der Waals surface area contributed by atoms with Crippen LogP contribution in [0.3, 0.4) is 0 Å². The zero-order valence-electron chi connectivity index (χ0n) is 12.3. The maximum absolute atomic E-state index is 11.7. The quantitative estimate of drug-likeness (QED) is 0.642. The third-order valence-electron chi connectivity index (χ3n) is 2.82. The topological polar surface area (TPSA) is 75.9 Å². The lowest BCUT2D eigenvalue weighted by atomic mass is 10.1. The Morgan fingerprint density at radius 1 is 1.25 bits per heavy atom. The van der Waals surface area contributed by atoms with Crippen molar-refractivity contribution in [1.82, 2.24) is 4.90 Å². The maximum Gasteiger partial charge on any atom is 0.338 e. The second-order valence-electron chi connectivity index (χ2n) is 4.64. The number of rotatable bonds is 5. The third kappa shape index (κ3) is 3.88. The predicted molar refractivity (Wildman–Crippen MR) is 78.8 cm³/mol. The van der Waals surface area contributed by atoms with Crippen molar-refractivity contribution in [2.45, 2.75) is 6.92 Å². The van der Waals surface area contributed by atoms with Gasteiger partial charge in [-0.2, -0.15) is 0 Å². The summed E-state index contributed by atoms with van der Waals surface area (Å²) in [5.74, 6) is -0.450. The van der Waals surface area contributed by atoms with Gasteiger partial charge in [-0.3, -0.25) is 4.79 Å². The Morgan fingerprint density at radius 3 is 2.45 bits per heavy atom. The first-order valence-corrected chi connectivity index (χ1v) is 6.34. The average Bonchev–Trinajstić information content (AvgIpc) is 2.39. The van der Waals surface area contributed by atoms with Crippen molar-refractivity contribution in [3.05, 3.63) is 23.8 Å². The summed E-state index contributed by atoms with van der Waals surface area (Å²) in [6, 6.07) is 4.88. The highest BCUT2D eigenvalue weighted by Crippen LogP contribution is 2.24. The first-order chi connectivity index (χ1) is 9.36. The highest BCUT2D eigenvalue weighted by Gasteiger charge is 2.14. The maximum atomic E-state index is 11.7. The molecular formula is C14H21N3O3. The van der Waals surface area contributed by atoms with E-state index in [1.807, 2.05) is 0 Å². The number of carbonyl (C=O) groups is 2. The fourth-order valence-electron chi connectivity index (χ4n) is 1.65. The van der Waals surface area contributed by atoms with Crippen molar-refractivity contribution < 1.29 is 14.3 Å². The summed E-state index contributed by atoms with van der Waals surface area (Å²) in [5.41, 5.74) is 7.45. The Hall–Kier alpha value is -2.24. The zero-order valence-corrected chi connectivity index (χ0v) is 12.3. The zero-order chi connectivity index (χ0) is 15.3. The van der Waals surface area contributed by atoms with Crippen LogP contribution in [-0.4, -0.2) is 51.1 Å². The first kappa shape index (κ1) is 15.8. The largest absolute Gasteiger partial charge is 0.462 e. The summed E-state index contributed by atoms with van der Waals surface area (Å²) in [6.07, 6.45) is 0. The van der Waals surface area contributed by atoms with Crippen LogP contribution >= 0.6 is 0 Å². The molecule has 1 rings (SSSR count).